The number of fused-ring (bicyclic) bond motifs is 1. The third-order valence-corrected chi connectivity index (χ3v) is 3.88. The van der Waals surface area contributed by atoms with Crippen LogP contribution < -0.4 is 0 Å². The topological polar surface area (TPSA) is 29.4 Å². The van der Waals surface area contributed by atoms with Crippen LogP contribution in [-0.4, -0.2) is 17.0 Å². The molecule has 0 atom stereocenters. The zero-order valence-corrected chi connectivity index (χ0v) is 12.8. The first-order valence-electron chi connectivity index (χ1n) is 7.40. The molecule has 1 aliphatic rings. The number of rotatable bonds is 3. The number of carbonyl (C=O) groups is 1. The lowest BCUT2D eigenvalue weighted by Gasteiger charge is -2.29. The van der Waals surface area contributed by atoms with Crippen LogP contribution in [0.2, 0.25) is 0 Å². The van der Waals surface area contributed by atoms with Gasteiger partial charge in [0.1, 0.15) is 5.82 Å². The van der Waals surface area contributed by atoms with E-state index in [9.17, 15) is 9.18 Å². The van der Waals surface area contributed by atoms with Crippen molar-refractivity contribution in [2.45, 2.75) is 32.2 Å². The van der Waals surface area contributed by atoms with Crippen molar-refractivity contribution in [3.63, 3.8) is 0 Å². The predicted octanol–water partition coefficient (Wildman–Crippen LogP) is 4.22. The maximum atomic E-state index is 13.0. The number of Topliss-reactive ketones (excluding diaryl/α,β-unsaturated/α-hetero) is 1. The molecule has 1 heterocycles. The highest BCUT2D eigenvalue weighted by molar-refractivity contribution is 6.16. The monoisotopic (exact) mass is 295 g/mol. The number of carbonyl (C=O) groups excluding carboxylic acids is 1. The van der Waals surface area contributed by atoms with Crippen molar-refractivity contribution in [2.75, 3.05) is 0 Å². The third-order valence-electron chi connectivity index (χ3n) is 3.88. The molecule has 0 unspecified atom stereocenters. The third kappa shape index (κ3) is 2.98. The second-order valence-corrected chi connectivity index (χ2v) is 6.31. The number of hydrogen-bond donors (Lipinski definition) is 0. The molecule has 0 aromatic heterocycles. The molecule has 2 nitrogen and oxygen atoms in total. The molecule has 22 heavy (non-hydrogen) atoms. The first-order valence-corrected chi connectivity index (χ1v) is 7.40. The van der Waals surface area contributed by atoms with Crippen molar-refractivity contribution >= 4 is 11.5 Å². The average molecular weight is 295 g/mol. The number of nitrogens with zero attached hydrogens (tertiary/aromatic N) is 1. The summed E-state index contributed by atoms with van der Waals surface area (Å²) in [6.45, 7) is 4.15. The van der Waals surface area contributed by atoms with E-state index in [4.69, 9.17) is 4.99 Å². The van der Waals surface area contributed by atoms with Gasteiger partial charge in [0.25, 0.3) is 0 Å². The summed E-state index contributed by atoms with van der Waals surface area (Å²) in [4.78, 5) is 17.2. The van der Waals surface area contributed by atoms with Gasteiger partial charge in [-0.05, 0) is 55.7 Å². The van der Waals surface area contributed by atoms with E-state index in [2.05, 4.69) is 19.9 Å². The minimum absolute atomic E-state index is 0.0359. The second kappa shape index (κ2) is 5.48. The van der Waals surface area contributed by atoms with Crippen molar-refractivity contribution in [1.82, 2.24) is 0 Å². The number of ketones is 1. The van der Waals surface area contributed by atoms with Gasteiger partial charge in [-0.3, -0.25) is 9.79 Å². The fourth-order valence-electron chi connectivity index (χ4n) is 2.91. The molecular weight excluding hydrogens is 277 g/mol. The van der Waals surface area contributed by atoms with E-state index >= 15 is 0 Å². The van der Waals surface area contributed by atoms with Crippen molar-refractivity contribution in [2.24, 2.45) is 4.99 Å². The van der Waals surface area contributed by atoms with Crippen molar-refractivity contribution < 1.29 is 9.18 Å². The van der Waals surface area contributed by atoms with E-state index in [1.165, 1.54) is 29.8 Å². The lowest BCUT2D eigenvalue weighted by atomic mass is 9.85. The van der Waals surface area contributed by atoms with Gasteiger partial charge in [0.05, 0.1) is 17.7 Å². The minimum Gasteiger partial charge on any atom is -0.294 e. The van der Waals surface area contributed by atoms with E-state index in [-0.39, 0.29) is 23.6 Å². The first kappa shape index (κ1) is 14.6. The zero-order chi connectivity index (χ0) is 15.7. The van der Waals surface area contributed by atoms with Crippen LogP contribution in [0.4, 0.5) is 4.39 Å². The Kier molecular flexibility index (Phi) is 3.65. The summed E-state index contributed by atoms with van der Waals surface area (Å²) >= 11 is 0. The Balaban J connectivity index is 1.91. The van der Waals surface area contributed by atoms with Gasteiger partial charge < -0.3 is 0 Å². The zero-order valence-electron chi connectivity index (χ0n) is 12.8. The van der Waals surface area contributed by atoms with Crippen LogP contribution in [0.3, 0.4) is 0 Å². The van der Waals surface area contributed by atoms with Crippen LogP contribution >= 0.6 is 0 Å². The lowest BCUT2D eigenvalue weighted by molar-refractivity contribution is 0.100. The van der Waals surface area contributed by atoms with E-state index in [1.54, 1.807) is 0 Å². The molecule has 2 aromatic rings. The maximum absolute atomic E-state index is 13.0. The smallest absolute Gasteiger partial charge is 0.168 e. The van der Waals surface area contributed by atoms with Crippen LogP contribution in [0, 0.1) is 5.82 Å². The van der Waals surface area contributed by atoms with Crippen molar-refractivity contribution in [3.8, 4) is 0 Å². The SMILES string of the molecule is CC1(C)Cc2ccccc2C(CC(=O)c2ccc(F)cc2)=N1. The Morgan fingerprint density at radius 3 is 2.55 bits per heavy atom. The number of benzene rings is 2. The van der Waals surface area contributed by atoms with Crippen molar-refractivity contribution in [1.29, 1.82) is 0 Å². The molecule has 112 valence electrons. The maximum Gasteiger partial charge on any atom is 0.168 e. The molecule has 0 saturated carbocycles. The lowest BCUT2D eigenvalue weighted by Crippen LogP contribution is -2.29. The molecule has 0 bridgehead atoms. The summed E-state index contributed by atoms with van der Waals surface area (Å²) in [5, 5.41) is 0. The van der Waals surface area contributed by atoms with Gasteiger partial charge in [0.15, 0.2) is 5.78 Å². The number of aliphatic imine (C=N–C) groups is 1. The molecule has 3 rings (SSSR count). The molecule has 1 aliphatic heterocycles. The predicted molar refractivity (Wildman–Crippen MR) is 86.1 cm³/mol. The Bertz CT molecular complexity index is 744. The fourth-order valence-corrected chi connectivity index (χ4v) is 2.91. The van der Waals surface area contributed by atoms with Gasteiger partial charge in [0, 0.05) is 5.56 Å². The van der Waals surface area contributed by atoms with E-state index in [0.29, 0.717) is 5.56 Å². The van der Waals surface area contributed by atoms with Gasteiger partial charge in [-0.25, -0.2) is 4.39 Å². The number of halogens is 1. The van der Waals surface area contributed by atoms with Crippen LogP contribution in [0.1, 0.15) is 41.8 Å². The van der Waals surface area contributed by atoms with Crippen molar-refractivity contribution in [3.05, 3.63) is 71.0 Å². The van der Waals surface area contributed by atoms with E-state index < -0.39 is 0 Å². The molecule has 0 fully saturated rings. The first-order chi connectivity index (χ1) is 10.4. The molecule has 0 radical (unpaired) electrons. The highest BCUT2D eigenvalue weighted by Crippen LogP contribution is 2.28. The standard InChI is InChI=1S/C19H18FNO/c1-19(2)12-14-5-3-4-6-16(14)17(21-19)11-18(22)13-7-9-15(20)10-8-13/h3-10H,11-12H2,1-2H3. The van der Waals surface area contributed by atoms with Gasteiger partial charge in [-0.1, -0.05) is 24.3 Å². The molecule has 2 aromatic carbocycles. The largest absolute Gasteiger partial charge is 0.294 e. The Morgan fingerprint density at radius 2 is 1.82 bits per heavy atom. The Labute approximate surface area is 129 Å². The molecule has 3 heteroatoms. The molecule has 0 aliphatic carbocycles. The van der Waals surface area contributed by atoms with E-state index in [0.717, 1.165) is 17.7 Å². The molecule has 0 amide bonds. The van der Waals surface area contributed by atoms with Crippen LogP contribution in [-0.2, 0) is 6.42 Å². The highest BCUT2D eigenvalue weighted by atomic mass is 19.1. The van der Waals surface area contributed by atoms with Gasteiger partial charge in [-0.15, -0.1) is 0 Å². The van der Waals surface area contributed by atoms with Crippen LogP contribution in [0.25, 0.3) is 0 Å². The summed E-state index contributed by atoms with van der Waals surface area (Å²) in [7, 11) is 0. The van der Waals surface area contributed by atoms with E-state index in [1.807, 2.05) is 18.2 Å². The Morgan fingerprint density at radius 1 is 1.14 bits per heavy atom. The summed E-state index contributed by atoms with van der Waals surface area (Å²) in [6.07, 6.45) is 1.11. The summed E-state index contributed by atoms with van der Waals surface area (Å²) in [5.41, 5.74) is 3.42. The summed E-state index contributed by atoms with van der Waals surface area (Å²) < 4.78 is 13.0. The van der Waals surface area contributed by atoms with Crippen LogP contribution in [0.5, 0.6) is 0 Å². The van der Waals surface area contributed by atoms with Crippen LogP contribution in [0.15, 0.2) is 53.5 Å². The fraction of sp³-hybridized carbons (Fsp3) is 0.263. The van der Waals surface area contributed by atoms with Gasteiger partial charge >= 0.3 is 0 Å². The highest BCUT2D eigenvalue weighted by Gasteiger charge is 2.27. The van der Waals surface area contributed by atoms with Gasteiger partial charge in [0.2, 0.25) is 0 Å². The number of hydrogen-bond acceptors (Lipinski definition) is 2. The minimum atomic E-state index is -0.335. The molecule has 0 saturated heterocycles. The normalized spacial score (nSPS) is 15.9. The quantitative estimate of drug-likeness (QED) is 0.779. The van der Waals surface area contributed by atoms with Gasteiger partial charge in [-0.2, -0.15) is 0 Å². The summed E-state index contributed by atoms with van der Waals surface area (Å²) in [5.74, 6) is -0.371. The molecular formula is C19H18FNO. The summed E-state index contributed by atoms with van der Waals surface area (Å²) in [6, 6.07) is 13.8. The second-order valence-electron chi connectivity index (χ2n) is 6.31. The average Bonchev–Trinajstić information content (AvgIpc) is 2.46. The molecule has 0 N–H and O–H groups in total. The molecule has 0 spiro atoms. The Hall–Kier alpha value is -2.29.